The molecule has 1 aromatic carbocycles. The second kappa shape index (κ2) is 6.39. The minimum absolute atomic E-state index is 0.00868. The van der Waals surface area contributed by atoms with Gasteiger partial charge in [0, 0.05) is 11.6 Å². The van der Waals surface area contributed by atoms with Crippen LogP contribution in [0.4, 0.5) is 0 Å². The van der Waals surface area contributed by atoms with Gasteiger partial charge in [0.1, 0.15) is 16.4 Å². The van der Waals surface area contributed by atoms with E-state index in [1.165, 1.54) is 11.8 Å². The number of nitrogens with zero attached hydrogens (tertiary/aromatic N) is 2. The summed E-state index contributed by atoms with van der Waals surface area (Å²) in [5, 5.41) is 13.5. The van der Waals surface area contributed by atoms with Gasteiger partial charge in [-0.1, -0.05) is 39.7 Å². The van der Waals surface area contributed by atoms with E-state index in [-0.39, 0.29) is 17.3 Å². The van der Waals surface area contributed by atoms with E-state index in [1.54, 1.807) is 0 Å². The Kier molecular flexibility index (Phi) is 4.80. The van der Waals surface area contributed by atoms with Crippen molar-refractivity contribution >= 4 is 33.5 Å². The number of rotatable bonds is 5. The van der Waals surface area contributed by atoms with Crippen LogP contribution in [0.15, 0.2) is 28.7 Å². The maximum absolute atomic E-state index is 11.2. The average molecular weight is 360 g/mol. The highest BCUT2D eigenvalue weighted by molar-refractivity contribution is 9.10. The van der Waals surface area contributed by atoms with Gasteiger partial charge in [-0.25, -0.2) is 9.48 Å². The van der Waals surface area contributed by atoms with E-state index in [0.29, 0.717) is 12.2 Å². The van der Waals surface area contributed by atoms with Crippen molar-refractivity contribution in [3.63, 3.8) is 0 Å². The first-order chi connectivity index (χ1) is 9.52. The molecule has 20 heavy (non-hydrogen) atoms. The SMILES string of the molecule is COCc1nn(Cc2ccc(Br)cc2)c(Cl)c1C(=O)O. The number of aromatic nitrogens is 2. The summed E-state index contributed by atoms with van der Waals surface area (Å²) in [6, 6.07) is 7.64. The quantitative estimate of drug-likeness (QED) is 0.890. The standard InChI is InChI=1S/C13H12BrClN2O3/c1-20-7-10-11(13(18)19)12(15)17(16-10)6-8-2-4-9(14)5-3-8/h2-5H,6-7H2,1H3,(H,18,19). The Bertz CT molecular complexity index is 625. The maximum Gasteiger partial charge on any atom is 0.340 e. The van der Waals surface area contributed by atoms with Gasteiger partial charge in [0.05, 0.1) is 13.2 Å². The molecule has 0 aliphatic rings. The molecule has 0 aliphatic heterocycles. The van der Waals surface area contributed by atoms with Crippen LogP contribution in [0, 0.1) is 0 Å². The van der Waals surface area contributed by atoms with Crippen LogP contribution in [0.2, 0.25) is 5.15 Å². The molecule has 0 unspecified atom stereocenters. The predicted molar refractivity (Wildman–Crippen MR) is 78.2 cm³/mol. The number of hydrogen-bond donors (Lipinski definition) is 1. The Balaban J connectivity index is 2.34. The van der Waals surface area contributed by atoms with Gasteiger partial charge in [-0.05, 0) is 17.7 Å². The van der Waals surface area contributed by atoms with Gasteiger partial charge in [0.25, 0.3) is 0 Å². The monoisotopic (exact) mass is 358 g/mol. The largest absolute Gasteiger partial charge is 0.478 e. The lowest BCUT2D eigenvalue weighted by Gasteiger charge is -2.03. The maximum atomic E-state index is 11.2. The zero-order chi connectivity index (χ0) is 14.7. The number of aromatic carboxylic acids is 1. The van der Waals surface area contributed by atoms with Crippen LogP contribution in [0.25, 0.3) is 0 Å². The Morgan fingerprint density at radius 2 is 2.10 bits per heavy atom. The van der Waals surface area contributed by atoms with Gasteiger partial charge in [-0.15, -0.1) is 0 Å². The van der Waals surface area contributed by atoms with Crippen LogP contribution in [-0.2, 0) is 17.9 Å². The second-order valence-electron chi connectivity index (χ2n) is 4.13. The molecule has 0 saturated heterocycles. The third-order valence-electron chi connectivity index (χ3n) is 2.70. The number of halogens is 2. The molecular weight excluding hydrogens is 348 g/mol. The van der Waals surface area contributed by atoms with Crippen LogP contribution in [-0.4, -0.2) is 28.0 Å². The summed E-state index contributed by atoms with van der Waals surface area (Å²) in [4.78, 5) is 11.2. The van der Waals surface area contributed by atoms with Gasteiger partial charge in [-0.2, -0.15) is 5.10 Å². The summed E-state index contributed by atoms with van der Waals surface area (Å²) in [6.45, 7) is 0.505. The zero-order valence-electron chi connectivity index (χ0n) is 10.6. The molecule has 7 heteroatoms. The second-order valence-corrected chi connectivity index (χ2v) is 5.41. The van der Waals surface area contributed by atoms with Crippen LogP contribution < -0.4 is 0 Å². The summed E-state index contributed by atoms with van der Waals surface area (Å²) in [6.07, 6.45) is 0. The summed E-state index contributed by atoms with van der Waals surface area (Å²) in [5.41, 5.74) is 1.28. The highest BCUT2D eigenvalue weighted by atomic mass is 79.9. The van der Waals surface area contributed by atoms with Crippen molar-refractivity contribution in [3.8, 4) is 0 Å². The lowest BCUT2D eigenvalue weighted by atomic mass is 10.2. The van der Waals surface area contributed by atoms with E-state index < -0.39 is 5.97 Å². The van der Waals surface area contributed by atoms with E-state index in [9.17, 15) is 9.90 Å². The molecule has 0 fully saturated rings. The molecule has 106 valence electrons. The van der Waals surface area contributed by atoms with Crippen molar-refractivity contribution in [1.82, 2.24) is 9.78 Å². The number of hydrogen-bond acceptors (Lipinski definition) is 3. The van der Waals surface area contributed by atoms with Gasteiger partial charge in [0.15, 0.2) is 0 Å². The molecule has 0 atom stereocenters. The Labute approximate surface area is 129 Å². The number of benzene rings is 1. The number of methoxy groups -OCH3 is 1. The van der Waals surface area contributed by atoms with Crippen molar-refractivity contribution in [2.75, 3.05) is 7.11 Å². The highest BCUT2D eigenvalue weighted by Crippen LogP contribution is 2.22. The van der Waals surface area contributed by atoms with Crippen LogP contribution in [0.5, 0.6) is 0 Å². The molecule has 1 N–H and O–H groups in total. The van der Waals surface area contributed by atoms with Crippen LogP contribution >= 0.6 is 27.5 Å². The molecule has 0 aliphatic carbocycles. The van der Waals surface area contributed by atoms with E-state index in [0.717, 1.165) is 10.0 Å². The first kappa shape index (κ1) is 15.0. The van der Waals surface area contributed by atoms with Gasteiger partial charge < -0.3 is 9.84 Å². The van der Waals surface area contributed by atoms with Crippen molar-refractivity contribution in [3.05, 3.63) is 50.7 Å². The van der Waals surface area contributed by atoms with Gasteiger partial charge in [-0.3, -0.25) is 0 Å². The van der Waals surface area contributed by atoms with Crippen molar-refractivity contribution in [2.45, 2.75) is 13.2 Å². The molecule has 0 radical (unpaired) electrons. The Morgan fingerprint density at radius 1 is 1.45 bits per heavy atom. The molecule has 2 rings (SSSR count). The fraction of sp³-hybridized carbons (Fsp3) is 0.231. The molecule has 1 heterocycles. The fourth-order valence-electron chi connectivity index (χ4n) is 1.80. The molecule has 0 bridgehead atoms. The number of carboxylic acids is 1. The summed E-state index contributed by atoms with van der Waals surface area (Å²) >= 11 is 9.45. The van der Waals surface area contributed by atoms with E-state index in [2.05, 4.69) is 21.0 Å². The number of carboxylic acid groups (broad SMARTS) is 1. The lowest BCUT2D eigenvalue weighted by Crippen LogP contribution is -2.03. The van der Waals surface area contributed by atoms with Gasteiger partial charge in [0.2, 0.25) is 0 Å². The molecule has 2 aromatic rings. The van der Waals surface area contributed by atoms with Crippen molar-refractivity contribution in [2.24, 2.45) is 0 Å². The molecule has 0 spiro atoms. The molecular formula is C13H12BrClN2O3. The smallest absolute Gasteiger partial charge is 0.340 e. The normalized spacial score (nSPS) is 10.8. The average Bonchev–Trinajstić information content (AvgIpc) is 2.69. The van der Waals surface area contributed by atoms with E-state index in [4.69, 9.17) is 16.3 Å². The van der Waals surface area contributed by atoms with E-state index >= 15 is 0 Å². The summed E-state index contributed by atoms with van der Waals surface area (Å²) < 4.78 is 7.38. The minimum Gasteiger partial charge on any atom is -0.478 e. The number of ether oxygens (including phenoxy) is 1. The predicted octanol–water partition coefficient (Wildman–Crippen LogP) is 3.19. The number of carbonyl (C=O) groups is 1. The van der Waals surface area contributed by atoms with Crippen LogP contribution in [0.1, 0.15) is 21.6 Å². The fourth-order valence-corrected chi connectivity index (χ4v) is 2.36. The first-order valence-electron chi connectivity index (χ1n) is 5.74. The summed E-state index contributed by atoms with van der Waals surface area (Å²) in [5.74, 6) is -1.11. The first-order valence-corrected chi connectivity index (χ1v) is 6.92. The molecule has 5 nitrogen and oxygen atoms in total. The van der Waals surface area contributed by atoms with Gasteiger partial charge >= 0.3 is 5.97 Å². The van der Waals surface area contributed by atoms with Crippen molar-refractivity contribution in [1.29, 1.82) is 0 Å². The zero-order valence-corrected chi connectivity index (χ0v) is 13.0. The Hall–Kier alpha value is -1.37. The Morgan fingerprint density at radius 3 is 2.65 bits per heavy atom. The minimum atomic E-state index is -1.11. The summed E-state index contributed by atoms with van der Waals surface area (Å²) in [7, 11) is 1.48. The molecule has 0 amide bonds. The molecule has 1 aromatic heterocycles. The third kappa shape index (κ3) is 3.20. The third-order valence-corrected chi connectivity index (χ3v) is 3.62. The lowest BCUT2D eigenvalue weighted by molar-refractivity contribution is 0.0692. The highest BCUT2D eigenvalue weighted by Gasteiger charge is 2.22. The van der Waals surface area contributed by atoms with Crippen LogP contribution in [0.3, 0.4) is 0 Å². The topological polar surface area (TPSA) is 64.4 Å². The molecule has 0 saturated carbocycles. The van der Waals surface area contributed by atoms with Crippen molar-refractivity contribution < 1.29 is 14.6 Å². The van der Waals surface area contributed by atoms with E-state index in [1.807, 2.05) is 24.3 Å².